The molecule has 0 aliphatic heterocycles. The van der Waals surface area contributed by atoms with Gasteiger partial charge in [-0.15, -0.1) is 0 Å². The average Bonchev–Trinajstić information content (AvgIpc) is 2.71. The molecule has 0 bridgehead atoms. The Morgan fingerprint density at radius 1 is 0.321 bits per heavy atom. The Morgan fingerprint density at radius 3 is 0.929 bits per heavy atom. The normalized spacial score (nSPS) is 11.9. The fraction of sp³-hybridized carbons (Fsp3) is 0.857. The summed E-state index contributed by atoms with van der Waals surface area (Å²) >= 11 is 0. The zero-order chi connectivity index (χ0) is 20.4. The first kappa shape index (κ1) is 27.5. The molecule has 0 rings (SSSR count). The predicted molar refractivity (Wildman–Crippen MR) is 131 cm³/mol. The lowest BCUT2D eigenvalue weighted by atomic mass is 10.1. The van der Waals surface area contributed by atoms with E-state index in [1.165, 1.54) is 135 Å². The minimum atomic E-state index is 1.13. The van der Waals surface area contributed by atoms with Gasteiger partial charge in [0.05, 0.1) is 0 Å². The molecule has 0 aliphatic rings. The zero-order valence-corrected chi connectivity index (χ0v) is 19.9. The summed E-state index contributed by atoms with van der Waals surface area (Å²) in [6.45, 7) is 4.59. The first-order valence-electron chi connectivity index (χ1n) is 13.2. The van der Waals surface area contributed by atoms with Gasteiger partial charge in [0.2, 0.25) is 0 Å². The van der Waals surface area contributed by atoms with Crippen molar-refractivity contribution in [3.63, 3.8) is 0 Å². The fourth-order valence-corrected chi connectivity index (χ4v) is 3.83. The third-order valence-electron chi connectivity index (χ3n) is 5.80. The van der Waals surface area contributed by atoms with E-state index in [-0.39, 0.29) is 0 Å². The van der Waals surface area contributed by atoms with Crippen LogP contribution in [-0.4, -0.2) is 0 Å². The largest absolute Gasteiger partial charge is 0.0882 e. The molecule has 28 heavy (non-hydrogen) atoms. The van der Waals surface area contributed by atoms with E-state index in [0.717, 1.165) is 6.42 Å². The fourth-order valence-electron chi connectivity index (χ4n) is 3.83. The summed E-state index contributed by atoms with van der Waals surface area (Å²) in [6, 6.07) is 0. The van der Waals surface area contributed by atoms with E-state index in [9.17, 15) is 0 Å². The Morgan fingerprint density at radius 2 is 0.607 bits per heavy atom. The van der Waals surface area contributed by atoms with Crippen molar-refractivity contribution in [2.45, 2.75) is 155 Å². The van der Waals surface area contributed by atoms with Crippen molar-refractivity contribution in [1.29, 1.82) is 0 Å². The van der Waals surface area contributed by atoms with Crippen LogP contribution in [0, 0.1) is 0 Å². The van der Waals surface area contributed by atoms with Crippen LogP contribution in [0.1, 0.15) is 155 Å². The van der Waals surface area contributed by atoms with Crippen LogP contribution in [-0.2, 0) is 0 Å². The van der Waals surface area contributed by atoms with Crippen molar-refractivity contribution in [2.24, 2.45) is 0 Å². The summed E-state index contributed by atoms with van der Waals surface area (Å²) in [4.78, 5) is 0. The predicted octanol–water partition coefficient (Wildman–Crippen LogP) is 10.7. The second kappa shape index (κ2) is 26.5. The summed E-state index contributed by atoms with van der Waals surface area (Å²) in [5, 5.41) is 0. The Hall–Kier alpha value is -0.520. The third-order valence-corrected chi connectivity index (χ3v) is 5.80. The van der Waals surface area contributed by atoms with E-state index in [0.29, 0.717) is 0 Å². The van der Waals surface area contributed by atoms with Crippen LogP contribution in [0.4, 0.5) is 0 Å². The van der Waals surface area contributed by atoms with Crippen molar-refractivity contribution in [3.8, 4) is 0 Å². The molecule has 0 heteroatoms. The van der Waals surface area contributed by atoms with Gasteiger partial charge in [0.1, 0.15) is 0 Å². The molecule has 166 valence electrons. The standard InChI is InChI=1S/C28H54/c1-3-5-7-9-11-13-15-17-19-21-23-25-27-28-26-24-22-20-18-16-14-12-10-8-6-4-2/h23,25-26,28H,3-22,24,27H2,1-2H3. The summed E-state index contributed by atoms with van der Waals surface area (Å²) in [6.07, 6.45) is 40.4. The molecule has 0 nitrogen and oxygen atoms in total. The Bertz CT molecular complexity index is 312. The number of allylic oxidation sites excluding steroid dienone is 4. The monoisotopic (exact) mass is 390 g/mol. The van der Waals surface area contributed by atoms with Gasteiger partial charge in [-0.2, -0.15) is 0 Å². The molecule has 0 atom stereocenters. The van der Waals surface area contributed by atoms with E-state index in [1.807, 2.05) is 0 Å². The lowest BCUT2D eigenvalue weighted by Crippen LogP contribution is -1.81. The van der Waals surface area contributed by atoms with Crippen LogP contribution in [0.25, 0.3) is 0 Å². The Labute approximate surface area is 179 Å². The van der Waals surface area contributed by atoms with Crippen LogP contribution in [0.3, 0.4) is 0 Å². The second-order valence-electron chi connectivity index (χ2n) is 8.77. The van der Waals surface area contributed by atoms with Gasteiger partial charge in [-0.25, -0.2) is 0 Å². The number of hydrogen-bond acceptors (Lipinski definition) is 0. The molecule has 0 aromatic carbocycles. The van der Waals surface area contributed by atoms with Crippen LogP contribution in [0.2, 0.25) is 0 Å². The minimum absolute atomic E-state index is 1.13. The van der Waals surface area contributed by atoms with Crippen LogP contribution >= 0.6 is 0 Å². The van der Waals surface area contributed by atoms with Gasteiger partial charge in [0.15, 0.2) is 0 Å². The molecule has 0 heterocycles. The molecular formula is C28H54. The third kappa shape index (κ3) is 25.5. The first-order valence-corrected chi connectivity index (χ1v) is 13.2. The molecule has 0 amide bonds. The summed E-state index contributed by atoms with van der Waals surface area (Å²) in [5.74, 6) is 0. The quantitative estimate of drug-likeness (QED) is 0.120. The number of unbranched alkanes of at least 4 members (excludes halogenated alkanes) is 19. The highest BCUT2D eigenvalue weighted by Crippen LogP contribution is 2.12. The van der Waals surface area contributed by atoms with Gasteiger partial charge < -0.3 is 0 Å². The molecule has 0 N–H and O–H groups in total. The van der Waals surface area contributed by atoms with E-state index in [1.54, 1.807) is 0 Å². The van der Waals surface area contributed by atoms with Crippen LogP contribution < -0.4 is 0 Å². The van der Waals surface area contributed by atoms with E-state index in [4.69, 9.17) is 0 Å². The molecule has 0 spiro atoms. The maximum absolute atomic E-state index is 2.40. The van der Waals surface area contributed by atoms with Crippen molar-refractivity contribution in [3.05, 3.63) is 24.3 Å². The zero-order valence-electron chi connectivity index (χ0n) is 19.9. The molecule has 0 radical (unpaired) electrons. The molecule has 0 aromatic rings. The second-order valence-corrected chi connectivity index (χ2v) is 8.77. The highest BCUT2D eigenvalue weighted by molar-refractivity contribution is 4.92. The summed E-state index contributed by atoms with van der Waals surface area (Å²) < 4.78 is 0. The van der Waals surface area contributed by atoms with Gasteiger partial charge in [0.25, 0.3) is 0 Å². The summed E-state index contributed by atoms with van der Waals surface area (Å²) in [7, 11) is 0. The topological polar surface area (TPSA) is 0 Å². The first-order chi connectivity index (χ1) is 13.9. The van der Waals surface area contributed by atoms with Crippen molar-refractivity contribution < 1.29 is 0 Å². The lowest BCUT2D eigenvalue weighted by Gasteiger charge is -2.01. The molecule has 0 fully saturated rings. The maximum Gasteiger partial charge on any atom is -0.0169 e. The Balaban J connectivity index is 3.14. The van der Waals surface area contributed by atoms with E-state index in [2.05, 4.69) is 38.2 Å². The number of rotatable bonds is 23. The molecule has 0 unspecified atom stereocenters. The van der Waals surface area contributed by atoms with Crippen molar-refractivity contribution in [1.82, 2.24) is 0 Å². The SMILES string of the molecule is CCCCCCCCCCCC=CCC=CCCCCCCCCCCCC. The van der Waals surface area contributed by atoms with Gasteiger partial charge in [-0.05, 0) is 32.1 Å². The number of hydrogen-bond donors (Lipinski definition) is 0. The highest BCUT2D eigenvalue weighted by atomic mass is 14.0. The average molecular weight is 391 g/mol. The molecule has 0 aliphatic carbocycles. The molecule has 0 saturated carbocycles. The smallest absolute Gasteiger partial charge is 0.0169 e. The summed E-state index contributed by atoms with van der Waals surface area (Å²) in [5.41, 5.74) is 0. The van der Waals surface area contributed by atoms with Crippen molar-refractivity contribution >= 4 is 0 Å². The van der Waals surface area contributed by atoms with Crippen molar-refractivity contribution in [2.75, 3.05) is 0 Å². The van der Waals surface area contributed by atoms with Crippen LogP contribution in [0.5, 0.6) is 0 Å². The van der Waals surface area contributed by atoms with E-state index >= 15 is 0 Å². The maximum atomic E-state index is 2.40. The van der Waals surface area contributed by atoms with Crippen LogP contribution in [0.15, 0.2) is 24.3 Å². The van der Waals surface area contributed by atoms with Gasteiger partial charge >= 0.3 is 0 Å². The van der Waals surface area contributed by atoms with Gasteiger partial charge in [-0.3, -0.25) is 0 Å². The van der Waals surface area contributed by atoms with E-state index < -0.39 is 0 Å². The highest BCUT2D eigenvalue weighted by Gasteiger charge is 1.92. The minimum Gasteiger partial charge on any atom is -0.0882 e. The molecular weight excluding hydrogens is 336 g/mol. The van der Waals surface area contributed by atoms with Gasteiger partial charge in [0, 0.05) is 0 Å². The Kier molecular flexibility index (Phi) is 26.0. The van der Waals surface area contributed by atoms with Gasteiger partial charge in [-0.1, -0.05) is 147 Å². The molecule has 0 aromatic heterocycles. The molecule has 0 saturated heterocycles. The lowest BCUT2D eigenvalue weighted by molar-refractivity contribution is 0.557.